The molecule has 0 aliphatic rings. The second-order valence-corrected chi connectivity index (χ2v) is 9.99. The number of halogens is 1. The molecule has 4 aromatic rings. The van der Waals surface area contributed by atoms with Crippen LogP contribution in [0, 0.1) is 0 Å². The van der Waals surface area contributed by atoms with Crippen molar-refractivity contribution in [1.82, 2.24) is 5.32 Å². The Labute approximate surface area is 240 Å². The molecule has 4 aromatic carbocycles. The lowest BCUT2D eigenvalue weighted by molar-refractivity contribution is -0.113. The maximum Gasteiger partial charge on any atom is 0.272 e. The molecule has 0 aliphatic heterocycles. The molecule has 4 rings (SSSR count). The third-order valence-corrected chi connectivity index (χ3v) is 6.92. The molecule has 0 aliphatic carbocycles. The molecule has 0 saturated carbocycles. The molecule has 0 bridgehead atoms. The Morgan fingerprint density at radius 3 is 2.38 bits per heavy atom. The standard InChI is InChI=1S/C31H25ClN2O5S/c1-39-29-18-25(35)15-12-22(29)16-27(34-30(37)21-6-3-2-4-7-21)31(38)33-24-8-5-9-26(17-24)40-19-28(36)20-10-13-23(32)14-11-20/h2-18,35H,19H2,1H3,(H,33,38)(H,34,37)/b27-16-. The normalized spacial score (nSPS) is 11.0. The average molecular weight is 573 g/mol. The number of carbonyl (C=O) groups is 3. The summed E-state index contributed by atoms with van der Waals surface area (Å²) < 4.78 is 5.33. The largest absolute Gasteiger partial charge is 0.508 e. The van der Waals surface area contributed by atoms with Crippen LogP contribution in [0.15, 0.2) is 108 Å². The molecule has 40 heavy (non-hydrogen) atoms. The molecule has 0 unspecified atom stereocenters. The number of ketones is 1. The lowest BCUT2D eigenvalue weighted by Crippen LogP contribution is -2.30. The van der Waals surface area contributed by atoms with Crippen molar-refractivity contribution in [3.8, 4) is 11.5 Å². The SMILES string of the molecule is COc1cc(O)ccc1/C=C(\NC(=O)c1ccccc1)C(=O)Nc1cccc(SCC(=O)c2ccc(Cl)cc2)c1. The zero-order chi connectivity index (χ0) is 28.5. The number of methoxy groups -OCH3 is 1. The molecule has 202 valence electrons. The Morgan fingerprint density at radius 1 is 0.900 bits per heavy atom. The zero-order valence-electron chi connectivity index (χ0n) is 21.4. The van der Waals surface area contributed by atoms with Gasteiger partial charge in [0.2, 0.25) is 0 Å². The number of amides is 2. The molecule has 7 nitrogen and oxygen atoms in total. The summed E-state index contributed by atoms with van der Waals surface area (Å²) in [7, 11) is 1.44. The van der Waals surface area contributed by atoms with E-state index in [9.17, 15) is 19.5 Å². The molecular formula is C31H25ClN2O5S. The molecule has 3 N–H and O–H groups in total. The van der Waals surface area contributed by atoms with Gasteiger partial charge in [0.25, 0.3) is 11.8 Å². The van der Waals surface area contributed by atoms with E-state index in [0.29, 0.717) is 33.1 Å². The smallest absolute Gasteiger partial charge is 0.272 e. The van der Waals surface area contributed by atoms with Gasteiger partial charge in [-0.15, -0.1) is 11.8 Å². The highest BCUT2D eigenvalue weighted by atomic mass is 35.5. The average Bonchev–Trinajstić information content (AvgIpc) is 2.97. The first-order valence-corrected chi connectivity index (χ1v) is 13.5. The van der Waals surface area contributed by atoms with Crippen LogP contribution in [0.4, 0.5) is 5.69 Å². The number of rotatable bonds is 10. The lowest BCUT2D eigenvalue weighted by Gasteiger charge is -2.13. The second kappa shape index (κ2) is 13.5. The Balaban J connectivity index is 1.53. The molecular weight excluding hydrogens is 548 g/mol. The van der Waals surface area contributed by atoms with Gasteiger partial charge < -0.3 is 20.5 Å². The Kier molecular flexibility index (Phi) is 9.62. The van der Waals surface area contributed by atoms with Crippen LogP contribution in [-0.4, -0.2) is 35.6 Å². The molecule has 0 atom stereocenters. The minimum Gasteiger partial charge on any atom is -0.508 e. The first-order chi connectivity index (χ1) is 19.3. The number of phenolic OH excluding ortho intramolecular Hbond substituents is 1. The van der Waals surface area contributed by atoms with Gasteiger partial charge >= 0.3 is 0 Å². The number of ether oxygens (including phenoxy) is 1. The fourth-order valence-corrected chi connectivity index (χ4v) is 4.62. The topological polar surface area (TPSA) is 105 Å². The predicted octanol–water partition coefficient (Wildman–Crippen LogP) is 6.44. The molecule has 0 aromatic heterocycles. The first-order valence-electron chi connectivity index (χ1n) is 12.1. The van der Waals surface area contributed by atoms with E-state index in [2.05, 4.69) is 10.6 Å². The van der Waals surface area contributed by atoms with Crippen LogP contribution in [0.1, 0.15) is 26.3 Å². The summed E-state index contributed by atoms with van der Waals surface area (Å²) in [5.74, 6) is -0.561. The van der Waals surface area contributed by atoms with E-state index in [-0.39, 0.29) is 23.0 Å². The summed E-state index contributed by atoms with van der Waals surface area (Å²) in [6.45, 7) is 0. The maximum absolute atomic E-state index is 13.4. The fraction of sp³-hybridized carbons (Fsp3) is 0.0645. The monoisotopic (exact) mass is 572 g/mol. The summed E-state index contributed by atoms with van der Waals surface area (Å²) >= 11 is 7.24. The molecule has 9 heteroatoms. The summed E-state index contributed by atoms with van der Waals surface area (Å²) in [6, 6.07) is 26.7. The van der Waals surface area contributed by atoms with E-state index in [1.165, 1.54) is 37.1 Å². The van der Waals surface area contributed by atoms with E-state index in [1.807, 2.05) is 6.07 Å². The van der Waals surface area contributed by atoms with Crippen LogP contribution in [0.25, 0.3) is 6.08 Å². The van der Waals surface area contributed by atoms with Crippen molar-refractivity contribution in [2.75, 3.05) is 18.2 Å². The van der Waals surface area contributed by atoms with E-state index >= 15 is 0 Å². The lowest BCUT2D eigenvalue weighted by atomic mass is 10.1. The molecule has 0 heterocycles. The molecule has 0 fully saturated rings. The van der Waals surface area contributed by atoms with E-state index < -0.39 is 11.8 Å². The quantitative estimate of drug-likeness (QED) is 0.115. The van der Waals surface area contributed by atoms with Gasteiger partial charge in [-0.2, -0.15) is 0 Å². The highest BCUT2D eigenvalue weighted by Gasteiger charge is 2.17. The summed E-state index contributed by atoms with van der Waals surface area (Å²) in [6.07, 6.45) is 1.47. The van der Waals surface area contributed by atoms with Crippen molar-refractivity contribution in [3.63, 3.8) is 0 Å². The molecule has 0 radical (unpaired) electrons. The molecule has 2 amide bonds. The fourth-order valence-electron chi connectivity index (χ4n) is 3.65. The van der Waals surface area contributed by atoms with Crippen molar-refractivity contribution >= 4 is 52.7 Å². The Hall–Kier alpha value is -4.53. The number of hydrogen-bond acceptors (Lipinski definition) is 6. The van der Waals surface area contributed by atoms with Crippen LogP contribution < -0.4 is 15.4 Å². The van der Waals surface area contributed by atoms with Gasteiger partial charge in [0.05, 0.1) is 12.9 Å². The number of hydrogen-bond donors (Lipinski definition) is 3. The second-order valence-electron chi connectivity index (χ2n) is 8.51. The van der Waals surface area contributed by atoms with Crippen molar-refractivity contribution in [3.05, 3.63) is 124 Å². The summed E-state index contributed by atoms with van der Waals surface area (Å²) in [4.78, 5) is 39.6. The number of nitrogens with one attached hydrogen (secondary N) is 2. The summed E-state index contributed by atoms with van der Waals surface area (Å²) in [5, 5.41) is 15.8. The highest BCUT2D eigenvalue weighted by molar-refractivity contribution is 8.00. The summed E-state index contributed by atoms with van der Waals surface area (Å²) in [5.41, 5.74) is 1.86. The molecule has 0 spiro atoms. The van der Waals surface area contributed by atoms with Crippen molar-refractivity contribution in [1.29, 1.82) is 0 Å². The number of Topliss-reactive ketones (excluding diaryl/α,β-unsaturated/α-hetero) is 1. The van der Waals surface area contributed by atoms with Gasteiger partial charge in [0.15, 0.2) is 5.78 Å². The minimum atomic E-state index is -0.571. The number of thioether (sulfide) groups is 1. The van der Waals surface area contributed by atoms with Crippen LogP contribution in [0.3, 0.4) is 0 Å². The van der Waals surface area contributed by atoms with Gasteiger partial charge in [0.1, 0.15) is 17.2 Å². The number of phenols is 1. The highest BCUT2D eigenvalue weighted by Crippen LogP contribution is 2.27. The first kappa shape index (κ1) is 28.5. The number of benzene rings is 4. The van der Waals surface area contributed by atoms with E-state index in [0.717, 1.165) is 4.90 Å². The Bertz CT molecular complexity index is 1560. The Morgan fingerprint density at radius 2 is 1.65 bits per heavy atom. The number of carbonyl (C=O) groups excluding carboxylic acids is 3. The van der Waals surface area contributed by atoms with Crippen LogP contribution in [0.5, 0.6) is 11.5 Å². The van der Waals surface area contributed by atoms with Crippen molar-refractivity contribution < 1.29 is 24.2 Å². The van der Waals surface area contributed by atoms with Gasteiger partial charge in [-0.05, 0) is 72.8 Å². The minimum absolute atomic E-state index is 0.00261. The van der Waals surface area contributed by atoms with Gasteiger partial charge in [0, 0.05) is 38.4 Å². The number of anilines is 1. The van der Waals surface area contributed by atoms with E-state index in [4.69, 9.17) is 16.3 Å². The third-order valence-electron chi connectivity index (χ3n) is 5.67. The number of aromatic hydroxyl groups is 1. The van der Waals surface area contributed by atoms with Crippen LogP contribution in [0.2, 0.25) is 5.02 Å². The predicted molar refractivity (Wildman–Crippen MR) is 158 cm³/mol. The van der Waals surface area contributed by atoms with Gasteiger partial charge in [-0.25, -0.2) is 0 Å². The maximum atomic E-state index is 13.4. The van der Waals surface area contributed by atoms with Crippen molar-refractivity contribution in [2.24, 2.45) is 0 Å². The van der Waals surface area contributed by atoms with Crippen LogP contribution >= 0.6 is 23.4 Å². The molecule has 0 saturated heterocycles. The zero-order valence-corrected chi connectivity index (χ0v) is 23.0. The van der Waals surface area contributed by atoms with Crippen molar-refractivity contribution in [2.45, 2.75) is 4.90 Å². The van der Waals surface area contributed by atoms with Crippen LogP contribution in [-0.2, 0) is 4.79 Å². The van der Waals surface area contributed by atoms with Gasteiger partial charge in [-0.1, -0.05) is 35.9 Å². The third kappa shape index (κ3) is 7.75. The van der Waals surface area contributed by atoms with Gasteiger partial charge in [-0.3, -0.25) is 14.4 Å². The van der Waals surface area contributed by atoms with E-state index in [1.54, 1.807) is 78.9 Å².